The van der Waals surface area contributed by atoms with Crippen LogP contribution in [-0.4, -0.2) is 93.4 Å². The fourth-order valence-corrected chi connectivity index (χ4v) is 5.40. The quantitative estimate of drug-likeness (QED) is 0.608. The standard InChI is InChI=1S/C23H30N4O6S/c1-18-2-7-21(33-18)23(29)26-10-8-25(9-11-26)17-22(28)24-16-19-3-5-20(6-4-19)34(30,31)27-12-14-32-15-13-27/h2-7H,8-17H2,1H3,(H,24,28). The van der Waals surface area contributed by atoms with Gasteiger partial charge in [0.1, 0.15) is 5.76 Å². The van der Waals surface area contributed by atoms with Crippen LogP contribution >= 0.6 is 0 Å². The Balaban J connectivity index is 1.21. The maximum Gasteiger partial charge on any atom is 0.289 e. The number of sulfonamides is 1. The van der Waals surface area contributed by atoms with E-state index in [1.165, 1.54) is 4.31 Å². The van der Waals surface area contributed by atoms with Crippen molar-refractivity contribution in [2.75, 3.05) is 59.0 Å². The smallest absolute Gasteiger partial charge is 0.289 e. The highest BCUT2D eigenvalue weighted by molar-refractivity contribution is 7.89. The molecular formula is C23H30N4O6S. The number of hydrogen-bond acceptors (Lipinski definition) is 7. The highest BCUT2D eigenvalue weighted by atomic mass is 32.2. The molecule has 2 amide bonds. The van der Waals surface area contributed by atoms with E-state index in [4.69, 9.17) is 9.15 Å². The molecule has 2 aromatic rings. The Morgan fingerprint density at radius 3 is 2.24 bits per heavy atom. The Bertz CT molecular complexity index is 1100. The van der Waals surface area contributed by atoms with E-state index in [0.29, 0.717) is 70.5 Å². The number of piperazine rings is 1. The van der Waals surface area contributed by atoms with Gasteiger partial charge in [-0.15, -0.1) is 0 Å². The number of carbonyl (C=O) groups excluding carboxylic acids is 2. The number of nitrogens with zero attached hydrogens (tertiary/aromatic N) is 3. The fourth-order valence-electron chi connectivity index (χ4n) is 3.99. The van der Waals surface area contributed by atoms with Gasteiger partial charge in [0.05, 0.1) is 24.7 Å². The lowest BCUT2D eigenvalue weighted by molar-refractivity contribution is -0.122. The number of aryl methyl sites for hydroxylation is 1. The first kappa shape index (κ1) is 24.4. The molecule has 0 atom stereocenters. The van der Waals surface area contributed by atoms with Gasteiger partial charge in [-0.1, -0.05) is 12.1 Å². The van der Waals surface area contributed by atoms with E-state index >= 15 is 0 Å². The van der Waals surface area contributed by atoms with Crippen molar-refractivity contribution in [3.8, 4) is 0 Å². The molecule has 0 spiro atoms. The normalized spacial score (nSPS) is 18.1. The van der Waals surface area contributed by atoms with Crippen molar-refractivity contribution in [3.63, 3.8) is 0 Å². The third-order valence-electron chi connectivity index (χ3n) is 6.00. The number of hydrogen-bond donors (Lipinski definition) is 1. The summed E-state index contributed by atoms with van der Waals surface area (Å²) in [7, 11) is -3.53. The molecule has 2 saturated heterocycles. The molecule has 2 aliphatic heterocycles. The maximum atomic E-state index is 12.7. The summed E-state index contributed by atoms with van der Waals surface area (Å²) < 4.78 is 37.5. The van der Waals surface area contributed by atoms with Crippen LogP contribution in [0.15, 0.2) is 45.7 Å². The monoisotopic (exact) mass is 490 g/mol. The highest BCUT2D eigenvalue weighted by Gasteiger charge is 2.27. The molecule has 184 valence electrons. The largest absolute Gasteiger partial charge is 0.456 e. The SMILES string of the molecule is Cc1ccc(C(=O)N2CCN(CC(=O)NCc3ccc(S(=O)(=O)N4CCOCC4)cc3)CC2)o1. The molecule has 0 aliphatic carbocycles. The van der Waals surface area contributed by atoms with Crippen LogP contribution in [0.2, 0.25) is 0 Å². The molecule has 1 N–H and O–H groups in total. The molecule has 2 fully saturated rings. The van der Waals surface area contributed by atoms with Gasteiger partial charge in [0, 0.05) is 45.8 Å². The minimum absolute atomic E-state index is 0.119. The fraction of sp³-hybridized carbons (Fsp3) is 0.478. The van der Waals surface area contributed by atoms with E-state index in [-0.39, 0.29) is 23.3 Å². The summed E-state index contributed by atoms with van der Waals surface area (Å²) in [6.45, 7) is 6.14. The number of furan rings is 1. The first-order valence-corrected chi connectivity index (χ1v) is 12.8. The second-order valence-corrected chi connectivity index (χ2v) is 10.4. The number of nitrogens with one attached hydrogen (secondary N) is 1. The van der Waals surface area contributed by atoms with Gasteiger partial charge in [0.15, 0.2) is 5.76 Å². The van der Waals surface area contributed by atoms with Crippen molar-refractivity contribution >= 4 is 21.8 Å². The molecule has 0 bridgehead atoms. The summed E-state index contributed by atoms with van der Waals surface area (Å²) in [5.41, 5.74) is 0.818. The lowest BCUT2D eigenvalue weighted by atomic mass is 10.2. The van der Waals surface area contributed by atoms with Gasteiger partial charge in [-0.3, -0.25) is 14.5 Å². The zero-order valence-electron chi connectivity index (χ0n) is 19.2. The molecule has 11 heteroatoms. The van der Waals surface area contributed by atoms with Crippen LogP contribution in [0.3, 0.4) is 0 Å². The lowest BCUT2D eigenvalue weighted by Crippen LogP contribution is -2.51. The van der Waals surface area contributed by atoms with Crippen LogP contribution in [0.25, 0.3) is 0 Å². The van der Waals surface area contributed by atoms with Crippen molar-refractivity contribution in [2.24, 2.45) is 0 Å². The molecular weight excluding hydrogens is 460 g/mol. The molecule has 0 saturated carbocycles. The van der Waals surface area contributed by atoms with Crippen LogP contribution in [-0.2, 0) is 26.1 Å². The molecule has 2 aliphatic rings. The van der Waals surface area contributed by atoms with E-state index in [1.807, 2.05) is 4.90 Å². The van der Waals surface area contributed by atoms with Crippen molar-refractivity contribution in [2.45, 2.75) is 18.4 Å². The van der Waals surface area contributed by atoms with Crippen LogP contribution in [0.1, 0.15) is 21.9 Å². The number of rotatable bonds is 7. The number of amides is 2. The molecule has 34 heavy (non-hydrogen) atoms. The Hall–Kier alpha value is -2.73. The van der Waals surface area contributed by atoms with E-state index in [2.05, 4.69) is 5.32 Å². The molecule has 1 aromatic heterocycles. The van der Waals surface area contributed by atoms with Gasteiger partial charge < -0.3 is 19.4 Å². The summed E-state index contributed by atoms with van der Waals surface area (Å²) >= 11 is 0. The molecule has 1 aromatic carbocycles. The van der Waals surface area contributed by atoms with Crippen molar-refractivity contribution in [1.82, 2.24) is 19.4 Å². The lowest BCUT2D eigenvalue weighted by Gasteiger charge is -2.33. The van der Waals surface area contributed by atoms with Gasteiger partial charge in [-0.25, -0.2) is 8.42 Å². The zero-order valence-corrected chi connectivity index (χ0v) is 20.1. The summed E-state index contributed by atoms with van der Waals surface area (Å²) in [6, 6.07) is 10.0. The third-order valence-corrected chi connectivity index (χ3v) is 7.91. The molecule has 4 rings (SSSR count). The second kappa shape index (κ2) is 10.7. The average Bonchev–Trinajstić information content (AvgIpc) is 3.30. The summed E-state index contributed by atoms with van der Waals surface area (Å²) in [5.74, 6) is 0.794. The predicted octanol–water partition coefficient (Wildman–Crippen LogP) is 0.683. The van der Waals surface area contributed by atoms with Crippen molar-refractivity contribution in [1.29, 1.82) is 0 Å². The Morgan fingerprint density at radius 2 is 1.62 bits per heavy atom. The average molecular weight is 491 g/mol. The van der Waals surface area contributed by atoms with Gasteiger partial charge >= 0.3 is 0 Å². The predicted molar refractivity (Wildman–Crippen MR) is 124 cm³/mol. The molecule has 10 nitrogen and oxygen atoms in total. The minimum atomic E-state index is -3.53. The summed E-state index contributed by atoms with van der Waals surface area (Å²) in [4.78, 5) is 28.8. The Kier molecular flexibility index (Phi) is 7.67. The van der Waals surface area contributed by atoms with Crippen LogP contribution < -0.4 is 5.32 Å². The van der Waals surface area contributed by atoms with Crippen molar-refractivity contribution < 1.29 is 27.2 Å². The molecule has 3 heterocycles. The van der Waals surface area contributed by atoms with Crippen LogP contribution in [0, 0.1) is 6.92 Å². The van der Waals surface area contributed by atoms with Gasteiger partial charge in [0.25, 0.3) is 5.91 Å². The van der Waals surface area contributed by atoms with Gasteiger partial charge in [-0.05, 0) is 36.8 Å². The summed E-state index contributed by atoms with van der Waals surface area (Å²) in [5, 5.41) is 2.88. The second-order valence-electron chi connectivity index (χ2n) is 8.42. The number of carbonyl (C=O) groups is 2. The molecule has 0 unspecified atom stereocenters. The summed E-state index contributed by atoms with van der Waals surface area (Å²) in [6.07, 6.45) is 0. The zero-order chi connectivity index (χ0) is 24.1. The number of benzene rings is 1. The van der Waals surface area contributed by atoms with E-state index in [9.17, 15) is 18.0 Å². The first-order chi connectivity index (χ1) is 16.3. The number of morpholine rings is 1. The first-order valence-electron chi connectivity index (χ1n) is 11.3. The number of ether oxygens (including phenoxy) is 1. The third kappa shape index (κ3) is 5.84. The van der Waals surface area contributed by atoms with E-state index < -0.39 is 10.0 Å². The Morgan fingerprint density at radius 1 is 0.941 bits per heavy atom. The van der Waals surface area contributed by atoms with Gasteiger partial charge in [-0.2, -0.15) is 4.31 Å². The van der Waals surface area contributed by atoms with Crippen LogP contribution in [0.5, 0.6) is 0 Å². The molecule has 0 radical (unpaired) electrons. The minimum Gasteiger partial charge on any atom is -0.456 e. The topological polar surface area (TPSA) is 112 Å². The highest BCUT2D eigenvalue weighted by Crippen LogP contribution is 2.18. The van der Waals surface area contributed by atoms with E-state index in [1.54, 1.807) is 48.2 Å². The van der Waals surface area contributed by atoms with Gasteiger partial charge in [0.2, 0.25) is 15.9 Å². The van der Waals surface area contributed by atoms with E-state index in [0.717, 1.165) is 5.56 Å². The maximum absolute atomic E-state index is 12.7. The van der Waals surface area contributed by atoms with Crippen LogP contribution in [0.4, 0.5) is 0 Å². The Labute approximate surface area is 199 Å². The van der Waals surface area contributed by atoms with Crippen molar-refractivity contribution in [3.05, 3.63) is 53.5 Å².